The smallest absolute Gasteiger partial charge is 0.355 e. The highest BCUT2D eigenvalue weighted by molar-refractivity contribution is 7.18. The monoisotopic (exact) mass is 330 g/mol. The van der Waals surface area contributed by atoms with E-state index in [0.717, 1.165) is 22.5 Å². The molecule has 1 fully saturated rings. The minimum atomic E-state index is -4.20. The number of aromatic nitrogens is 2. The summed E-state index contributed by atoms with van der Waals surface area (Å²) < 4.78 is 38.5. The number of hydrogen-bond donors (Lipinski definition) is 1. The normalized spacial score (nSPS) is 20.4. The van der Waals surface area contributed by atoms with Gasteiger partial charge in [-0.2, -0.15) is 13.2 Å². The molecule has 1 aliphatic heterocycles. The number of alkyl halides is 3. The van der Waals surface area contributed by atoms with Crippen molar-refractivity contribution in [2.75, 3.05) is 24.5 Å². The number of hydrogen-bond acceptors (Lipinski definition) is 5. The molecule has 0 radical (unpaired) electrons. The Morgan fingerprint density at radius 1 is 1.36 bits per heavy atom. The largest absolute Gasteiger partial charge is 0.403 e. The quantitative estimate of drug-likeness (QED) is 0.919. The van der Waals surface area contributed by atoms with E-state index < -0.39 is 12.2 Å². The molecule has 4 nitrogen and oxygen atoms in total. The topological polar surface area (TPSA) is 41.0 Å². The second kappa shape index (κ2) is 6.00. The standard InChI is InChI=1S/C14H17F3N4S/c1-2-9-7-10-12(19-8-20-13(10)22-9)21-5-3-11(14(15,16)17)18-4-6-21/h7-8,11,18H,2-6H2,1H3/t11-/m1/s1. The van der Waals surface area contributed by atoms with Gasteiger partial charge in [-0.05, 0) is 18.9 Å². The number of anilines is 1. The molecule has 1 atom stereocenters. The first kappa shape index (κ1) is 15.5. The van der Waals surface area contributed by atoms with Crippen molar-refractivity contribution in [1.82, 2.24) is 15.3 Å². The van der Waals surface area contributed by atoms with Gasteiger partial charge in [-0.25, -0.2) is 9.97 Å². The molecule has 0 bridgehead atoms. The fourth-order valence-corrected chi connectivity index (χ4v) is 3.61. The van der Waals surface area contributed by atoms with E-state index in [-0.39, 0.29) is 6.42 Å². The van der Waals surface area contributed by atoms with Crippen LogP contribution in [0.5, 0.6) is 0 Å². The first-order chi connectivity index (χ1) is 10.5. The summed E-state index contributed by atoms with van der Waals surface area (Å²) in [4.78, 5) is 12.6. The van der Waals surface area contributed by atoms with Crippen LogP contribution in [0, 0.1) is 0 Å². The maximum atomic E-state index is 12.8. The van der Waals surface area contributed by atoms with Crippen LogP contribution in [0.15, 0.2) is 12.4 Å². The molecule has 0 saturated carbocycles. The molecule has 1 aliphatic rings. The Morgan fingerprint density at radius 2 is 2.18 bits per heavy atom. The molecule has 22 heavy (non-hydrogen) atoms. The molecule has 2 aromatic heterocycles. The molecule has 0 spiro atoms. The van der Waals surface area contributed by atoms with Gasteiger partial charge in [0.1, 0.15) is 23.0 Å². The lowest BCUT2D eigenvalue weighted by atomic mass is 10.2. The van der Waals surface area contributed by atoms with Crippen LogP contribution in [0.2, 0.25) is 0 Å². The molecule has 0 aliphatic carbocycles. The number of nitrogens with zero attached hydrogens (tertiary/aromatic N) is 3. The Hall–Kier alpha value is -1.41. The summed E-state index contributed by atoms with van der Waals surface area (Å²) in [7, 11) is 0. The number of halogens is 3. The zero-order valence-corrected chi connectivity index (χ0v) is 13.0. The summed E-state index contributed by atoms with van der Waals surface area (Å²) in [5.41, 5.74) is 0. The van der Waals surface area contributed by atoms with Gasteiger partial charge in [0.15, 0.2) is 0 Å². The SMILES string of the molecule is CCc1cc2c(N3CCN[C@@H](C(F)(F)F)CC3)ncnc2s1. The average molecular weight is 330 g/mol. The van der Waals surface area contributed by atoms with E-state index in [1.165, 1.54) is 11.2 Å². The van der Waals surface area contributed by atoms with Gasteiger partial charge in [0.05, 0.1) is 5.39 Å². The van der Waals surface area contributed by atoms with Crippen LogP contribution in [0.25, 0.3) is 10.2 Å². The van der Waals surface area contributed by atoms with E-state index in [1.54, 1.807) is 11.3 Å². The van der Waals surface area contributed by atoms with Gasteiger partial charge in [0, 0.05) is 24.5 Å². The van der Waals surface area contributed by atoms with Gasteiger partial charge in [-0.1, -0.05) is 6.92 Å². The Balaban J connectivity index is 1.86. The van der Waals surface area contributed by atoms with E-state index in [0.29, 0.717) is 19.6 Å². The molecule has 120 valence electrons. The molecule has 1 N–H and O–H groups in total. The summed E-state index contributed by atoms with van der Waals surface area (Å²) >= 11 is 1.61. The number of rotatable bonds is 2. The molecular weight excluding hydrogens is 313 g/mol. The van der Waals surface area contributed by atoms with Crippen molar-refractivity contribution in [2.45, 2.75) is 32.0 Å². The summed E-state index contributed by atoms with van der Waals surface area (Å²) in [6.07, 6.45) is -1.76. The number of thiophene rings is 1. The highest BCUT2D eigenvalue weighted by atomic mass is 32.1. The van der Waals surface area contributed by atoms with Crippen molar-refractivity contribution >= 4 is 27.4 Å². The second-order valence-corrected chi connectivity index (χ2v) is 6.42. The van der Waals surface area contributed by atoms with Crippen LogP contribution in [0.1, 0.15) is 18.2 Å². The zero-order valence-electron chi connectivity index (χ0n) is 12.2. The molecule has 0 unspecified atom stereocenters. The predicted octanol–water partition coefficient (Wildman–Crippen LogP) is 2.98. The second-order valence-electron chi connectivity index (χ2n) is 5.31. The third-order valence-corrected chi connectivity index (χ3v) is 5.05. The van der Waals surface area contributed by atoms with Gasteiger partial charge in [-0.3, -0.25) is 0 Å². The lowest BCUT2D eigenvalue weighted by Crippen LogP contribution is -2.42. The summed E-state index contributed by atoms with van der Waals surface area (Å²) in [5, 5.41) is 3.52. The van der Waals surface area contributed by atoms with Gasteiger partial charge < -0.3 is 10.2 Å². The highest BCUT2D eigenvalue weighted by Gasteiger charge is 2.40. The van der Waals surface area contributed by atoms with Crippen molar-refractivity contribution in [2.24, 2.45) is 0 Å². The van der Waals surface area contributed by atoms with Gasteiger partial charge >= 0.3 is 6.18 Å². The minimum absolute atomic E-state index is 0.0275. The summed E-state index contributed by atoms with van der Waals surface area (Å²) in [5.74, 6) is 0.741. The first-order valence-electron chi connectivity index (χ1n) is 7.27. The molecule has 0 amide bonds. The van der Waals surface area contributed by atoms with Crippen molar-refractivity contribution in [1.29, 1.82) is 0 Å². The van der Waals surface area contributed by atoms with Crippen LogP contribution < -0.4 is 10.2 Å². The van der Waals surface area contributed by atoms with E-state index in [4.69, 9.17) is 0 Å². The zero-order chi connectivity index (χ0) is 15.7. The Kier molecular flexibility index (Phi) is 4.22. The lowest BCUT2D eigenvalue weighted by molar-refractivity contribution is -0.155. The van der Waals surface area contributed by atoms with Crippen LogP contribution in [-0.2, 0) is 6.42 Å². The molecular formula is C14H17F3N4S. The Morgan fingerprint density at radius 3 is 2.91 bits per heavy atom. The predicted molar refractivity (Wildman–Crippen MR) is 81.5 cm³/mol. The Labute approximate surface area is 130 Å². The van der Waals surface area contributed by atoms with Crippen LogP contribution in [0.4, 0.5) is 19.0 Å². The Bertz CT molecular complexity index is 655. The van der Waals surface area contributed by atoms with E-state index in [9.17, 15) is 13.2 Å². The van der Waals surface area contributed by atoms with Crippen LogP contribution in [0.3, 0.4) is 0 Å². The molecule has 1 saturated heterocycles. The molecule has 2 aromatic rings. The summed E-state index contributed by atoms with van der Waals surface area (Å²) in [6, 6.07) is 0.609. The van der Waals surface area contributed by atoms with Crippen molar-refractivity contribution in [3.05, 3.63) is 17.3 Å². The molecule has 3 heterocycles. The highest BCUT2D eigenvalue weighted by Crippen LogP contribution is 2.31. The van der Waals surface area contributed by atoms with E-state index in [1.807, 2.05) is 4.90 Å². The summed E-state index contributed by atoms with van der Waals surface area (Å²) in [6.45, 7) is 3.21. The molecule has 3 rings (SSSR count). The van der Waals surface area contributed by atoms with Gasteiger partial charge in [-0.15, -0.1) is 11.3 Å². The van der Waals surface area contributed by atoms with Gasteiger partial charge in [0.2, 0.25) is 0 Å². The number of aryl methyl sites for hydroxylation is 1. The van der Waals surface area contributed by atoms with Crippen LogP contribution >= 0.6 is 11.3 Å². The van der Waals surface area contributed by atoms with Crippen LogP contribution in [-0.4, -0.2) is 41.8 Å². The maximum Gasteiger partial charge on any atom is 0.403 e. The fourth-order valence-electron chi connectivity index (χ4n) is 2.68. The fraction of sp³-hybridized carbons (Fsp3) is 0.571. The first-order valence-corrected chi connectivity index (χ1v) is 8.09. The third-order valence-electron chi connectivity index (χ3n) is 3.86. The number of nitrogens with one attached hydrogen (secondary N) is 1. The van der Waals surface area contributed by atoms with Gasteiger partial charge in [0.25, 0.3) is 0 Å². The maximum absolute atomic E-state index is 12.8. The van der Waals surface area contributed by atoms with Crippen molar-refractivity contribution in [3.63, 3.8) is 0 Å². The van der Waals surface area contributed by atoms with Crippen molar-refractivity contribution in [3.8, 4) is 0 Å². The van der Waals surface area contributed by atoms with Crippen molar-refractivity contribution < 1.29 is 13.2 Å². The van der Waals surface area contributed by atoms with E-state index in [2.05, 4.69) is 28.3 Å². The molecule has 8 heteroatoms. The lowest BCUT2D eigenvalue weighted by Gasteiger charge is -2.22. The number of fused-ring (bicyclic) bond motifs is 1. The molecule has 0 aromatic carbocycles. The van der Waals surface area contributed by atoms with E-state index >= 15 is 0 Å². The third kappa shape index (κ3) is 3.03. The average Bonchev–Trinajstić information content (AvgIpc) is 2.73. The minimum Gasteiger partial charge on any atom is -0.355 e.